The van der Waals surface area contributed by atoms with Crippen LogP contribution in [-0.2, 0) is 16.1 Å². The van der Waals surface area contributed by atoms with Crippen LogP contribution in [0.2, 0.25) is 0 Å². The molecule has 2 aromatic carbocycles. The first kappa shape index (κ1) is 23.2. The number of nitrogens with zero attached hydrogens (tertiary/aromatic N) is 1. The van der Waals surface area contributed by atoms with Crippen molar-refractivity contribution in [1.82, 2.24) is 10.2 Å². The Morgan fingerprint density at radius 1 is 1.10 bits per heavy atom. The van der Waals surface area contributed by atoms with Crippen molar-refractivity contribution in [1.29, 1.82) is 0 Å². The van der Waals surface area contributed by atoms with Crippen molar-refractivity contribution in [3.63, 3.8) is 0 Å². The van der Waals surface area contributed by atoms with E-state index in [2.05, 4.69) is 27.9 Å². The summed E-state index contributed by atoms with van der Waals surface area (Å²) >= 11 is 2.22. The van der Waals surface area contributed by atoms with Crippen molar-refractivity contribution in [2.45, 2.75) is 52.7 Å². The Balaban J connectivity index is 2.21. The lowest BCUT2D eigenvalue weighted by atomic mass is 10.1. The Bertz CT molecular complexity index is 821. The van der Waals surface area contributed by atoms with Gasteiger partial charge in [-0.25, -0.2) is 0 Å². The average molecular weight is 508 g/mol. The Kier molecular flexibility index (Phi) is 8.95. The molecular formula is C23H29IN2O3. The molecule has 0 saturated carbocycles. The van der Waals surface area contributed by atoms with Crippen LogP contribution in [0.15, 0.2) is 48.5 Å². The summed E-state index contributed by atoms with van der Waals surface area (Å²) in [5, 5.41) is 2.94. The average Bonchev–Trinajstić information content (AvgIpc) is 2.68. The quantitative estimate of drug-likeness (QED) is 0.514. The largest absolute Gasteiger partial charge is 0.484 e. The molecule has 0 aliphatic rings. The summed E-state index contributed by atoms with van der Waals surface area (Å²) in [6.45, 7) is 8.01. The van der Waals surface area contributed by atoms with E-state index in [4.69, 9.17) is 4.74 Å². The molecule has 6 heteroatoms. The van der Waals surface area contributed by atoms with Crippen LogP contribution in [0.1, 0.15) is 38.3 Å². The third-order valence-electron chi connectivity index (χ3n) is 4.59. The molecule has 1 atom stereocenters. The van der Waals surface area contributed by atoms with Gasteiger partial charge in [-0.1, -0.05) is 31.2 Å². The first-order valence-corrected chi connectivity index (χ1v) is 10.9. The molecule has 2 rings (SSSR count). The molecule has 0 spiro atoms. The van der Waals surface area contributed by atoms with Gasteiger partial charge in [-0.2, -0.15) is 0 Å². The van der Waals surface area contributed by atoms with Gasteiger partial charge in [-0.15, -0.1) is 0 Å². The van der Waals surface area contributed by atoms with Crippen LogP contribution in [0, 0.1) is 10.5 Å². The predicted molar refractivity (Wildman–Crippen MR) is 124 cm³/mol. The van der Waals surface area contributed by atoms with Crippen LogP contribution in [0.25, 0.3) is 0 Å². The summed E-state index contributed by atoms with van der Waals surface area (Å²) in [6.07, 6.45) is 0.527. The molecule has 0 saturated heterocycles. The smallest absolute Gasteiger partial charge is 0.261 e. The molecule has 2 aromatic rings. The van der Waals surface area contributed by atoms with Crippen molar-refractivity contribution in [3.8, 4) is 5.75 Å². The van der Waals surface area contributed by atoms with E-state index in [-0.39, 0.29) is 24.5 Å². The summed E-state index contributed by atoms with van der Waals surface area (Å²) in [6, 6.07) is 14.9. The lowest BCUT2D eigenvalue weighted by Gasteiger charge is -2.31. The number of hydrogen-bond acceptors (Lipinski definition) is 3. The zero-order valence-corrected chi connectivity index (χ0v) is 19.6. The highest BCUT2D eigenvalue weighted by Gasteiger charge is 2.29. The monoisotopic (exact) mass is 508 g/mol. The van der Waals surface area contributed by atoms with Gasteiger partial charge in [0.15, 0.2) is 6.61 Å². The van der Waals surface area contributed by atoms with E-state index in [0.717, 1.165) is 14.7 Å². The van der Waals surface area contributed by atoms with Gasteiger partial charge in [0.25, 0.3) is 5.91 Å². The van der Waals surface area contributed by atoms with Crippen LogP contribution >= 0.6 is 22.6 Å². The van der Waals surface area contributed by atoms with Crippen LogP contribution in [0.3, 0.4) is 0 Å². The van der Waals surface area contributed by atoms with Gasteiger partial charge >= 0.3 is 0 Å². The lowest BCUT2D eigenvalue weighted by molar-refractivity contribution is -0.143. The topological polar surface area (TPSA) is 58.6 Å². The van der Waals surface area contributed by atoms with Crippen LogP contribution in [0.5, 0.6) is 5.75 Å². The fraction of sp³-hybridized carbons (Fsp3) is 0.391. The highest BCUT2D eigenvalue weighted by atomic mass is 127. The molecule has 0 aromatic heterocycles. The second-order valence-electron chi connectivity index (χ2n) is 7.28. The number of aryl methyl sites for hydroxylation is 1. The summed E-state index contributed by atoms with van der Waals surface area (Å²) in [5.74, 6) is 0.283. The number of benzene rings is 2. The summed E-state index contributed by atoms with van der Waals surface area (Å²) < 4.78 is 6.80. The summed E-state index contributed by atoms with van der Waals surface area (Å²) in [5.41, 5.74) is 2.11. The number of carbonyl (C=O) groups is 2. The lowest BCUT2D eigenvalue weighted by Crippen LogP contribution is -2.51. The van der Waals surface area contributed by atoms with Gasteiger partial charge < -0.3 is 15.0 Å². The second kappa shape index (κ2) is 11.2. The van der Waals surface area contributed by atoms with E-state index in [1.807, 2.05) is 76.2 Å². The molecule has 0 heterocycles. The van der Waals surface area contributed by atoms with Crippen LogP contribution < -0.4 is 10.1 Å². The van der Waals surface area contributed by atoms with Crippen LogP contribution in [0.4, 0.5) is 0 Å². The van der Waals surface area contributed by atoms with Crippen LogP contribution in [-0.4, -0.2) is 35.4 Å². The molecule has 0 aliphatic carbocycles. The van der Waals surface area contributed by atoms with Gasteiger partial charge in [0.2, 0.25) is 5.91 Å². The van der Waals surface area contributed by atoms with E-state index in [9.17, 15) is 9.59 Å². The number of ether oxygens (including phenoxy) is 1. The normalized spacial score (nSPS) is 11.8. The van der Waals surface area contributed by atoms with E-state index >= 15 is 0 Å². The molecule has 5 nitrogen and oxygen atoms in total. The molecule has 156 valence electrons. The van der Waals surface area contributed by atoms with Gasteiger partial charge in [0, 0.05) is 16.2 Å². The fourth-order valence-electron chi connectivity index (χ4n) is 3.03. The molecule has 0 aliphatic heterocycles. The minimum Gasteiger partial charge on any atom is -0.484 e. The van der Waals surface area contributed by atoms with E-state index in [1.165, 1.54) is 0 Å². The first-order chi connectivity index (χ1) is 13.8. The molecule has 1 unspecified atom stereocenters. The first-order valence-electron chi connectivity index (χ1n) is 9.84. The van der Waals surface area contributed by atoms with Crippen molar-refractivity contribution >= 4 is 34.4 Å². The predicted octanol–water partition coefficient (Wildman–Crippen LogP) is 4.31. The third kappa shape index (κ3) is 7.03. The van der Waals surface area contributed by atoms with Gasteiger partial charge in [-0.3, -0.25) is 9.59 Å². The van der Waals surface area contributed by atoms with E-state index < -0.39 is 6.04 Å². The maximum absolute atomic E-state index is 13.1. The Morgan fingerprint density at radius 3 is 2.34 bits per heavy atom. The van der Waals surface area contributed by atoms with Crippen molar-refractivity contribution in [3.05, 3.63) is 63.2 Å². The number of amides is 2. The molecule has 2 amide bonds. The number of hydrogen-bond donors (Lipinski definition) is 1. The second-order valence-corrected chi connectivity index (χ2v) is 8.52. The number of carbonyl (C=O) groups excluding carboxylic acids is 2. The Hall–Kier alpha value is -2.09. The Morgan fingerprint density at radius 2 is 1.76 bits per heavy atom. The van der Waals surface area contributed by atoms with Crippen molar-refractivity contribution in [2.24, 2.45) is 0 Å². The molecule has 1 N–H and O–H groups in total. The maximum atomic E-state index is 13.1. The minimum atomic E-state index is -0.551. The fourth-order valence-corrected chi connectivity index (χ4v) is 3.39. The third-order valence-corrected chi connectivity index (χ3v) is 5.31. The standard InChI is InChI=1S/C23H29IN2O3/c1-5-21(23(28)25-16(2)3)26(14-18-9-7-6-8-17(18)4)22(27)15-29-20-12-10-19(24)11-13-20/h6-13,16,21H,5,14-15H2,1-4H3,(H,25,28). The molecule has 29 heavy (non-hydrogen) atoms. The van der Waals surface area contributed by atoms with Gasteiger partial charge in [0.1, 0.15) is 11.8 Å². The zero-order chi connectivity index (χ0) is 21.4. The zero-order valence-electron chi connectivity index (χ0n) is 17.4. The molecule has 0 bridgehead atoms. The SMILES string of the molecule is CCC(C(=O)NC(C)C)N(Cc1ccccc1C)C(=O)COc1ccc(I)cc1. The van der Waals surface area contributed by atoms with E-state index in [0.29, 0.717) is 18.7 Å². The molecular weight excluding hydrogens is 479 g/mol. The van der Waals surface area contributed by atoms with E-state index in [1.54, 1.807) is 4.90 Å². The molecule has 0 fully saturated rings. The highest BCUT2D eigenvalue weighted by Crippen LogP contribution is 2.17. The minimum absolute atomic E-state index is 0.00926. The summed E-state index contributed by atoms with van der Waals surface area (Å²) in [4.78, 5) is 27.5. The Labute approximate surface area is 187 Å². The summed E-state index contributed by atoms with van der Waals surface area (Å²) in [7, 11) is 0. The molecule has 0 radical (unpaired) electrons. The van der Waals surface area contributed by atoms with Crippen molar-refractivity contribution < 1.29 is 14.3 Å². The highest BCUT2D eigenvalue weighted by molar-refractivity contribution is 14.1. The number of halogens is 1. The number of rotatable bonds is 9. The maximum Gasteiger partial charge on any atom is 0.261 e. The van der Waals surface area contributed by atoms with Crippen molar-refractivity contribution in [2.75, 3.05) is 6.61 Å². The van der Waals surface area contributed by atoms with Gasteiger partial charge in [0.05, 0.1) is 0 Å². The number of nitrogens with one attached hydrogen (secondary N) is 1. The van der Waals surface area contributed by atoms with Gasteiger partial charge in [-0.05, 0) is 85.2 Å².